The molecule has 0 radical (unpaired) electrons. The lowest BCUT2D eigenvalue weighted by molar-refractivity contribution is -0.153. The Kier molecular flexibility index (Phi) is 3.81. The molecule has 7 heteroatoms. The van der Waals surface area contributed by atoms with Crippen LogP contribution in [0.2, 0.25) is 0 Å². The average molecular weight is 319 g/mol. The zero-order chi connectivity index (χ0) is 16.6. The number of morpholine rings is 1. The summed E-state index contributed by atoms with van der Waals surface area (Å²) in [6, 6.07) is 6.29. The normalized spacial score (nSPS) is 21.4. The number of aromatic amines is 1. The zero-order valence-corrected chi connectivity index (χ0v) is 13.0. The standard InChI is InChI=1S/C16H18FN3O3/c1-16(15(22)18-2)9-20(6-7-23-16)14(21)12-8-10-4-3-5-11(17)13(10)19-12/h3-5,8,19H,6-7,9H2,1-2H3,(H,18,22)/t16-/m1/s1. The summed E-state index contributed by atoms with van der Waals surface area (Å²) in [4.78, 5) is 29.0. The van der Waals surface area contributed by atoms with E-state index in [-0.39, 0.29) is 25.0 Å². The molecule has 2 heterocycles. The number of amides is 2. The lowest BCUT2D eigenvalue weighted by Crippen LogP contribution is -2.58. The number of para-hydroxylation sites is 1. The number of H-pyrrole nitrogens is 1. The van der Waals surface area contributed by atoms with Gasteiger partial charge in [-0.25, -0.2) is 4.39 Å². The summed E-state index contributed by atoms with van der Waals surface area (Å²) in [7, 11) is 1.53. The van der Waals surface area contributed by atoms with Crippen molar-refractivity contribution in [2.45, 2.75) is 12.5 Å². The molecule has 1 aliphatic heterocycles. The van der Waals surface area contributed by atoms with E-state index in [1.165, 1.54) is 13.1 Å². The first-order chi connectivity index (χ1) is 10.9. The minimum Gasteiger partial charge on any atom is -0.362 e. The first-order valence-electron chi connectivity index (χ1n) is 7.37. The number of nitrogens with one attached hydrogen (secondary N) is 2. The molecule has 1 aromatic carbocycles. The summed E-state index contributed by atoms with van der Waals surface area (Å²) in [5.74, 6) is -0.963. The summed E-state index contributed by atoms with van der Waals surface area (Å²) in [5.41, 5.74) is -0.482. The van der Waals surface area contributed by atoms with Crippen LogP contribution in [0.4, 0.5) is 4.39 Å². The molecule has 1 fully saturated rings. The van der Waals surface area contributed by atoms with Crippen LogP contribution < -0.4 is 5.32 Å². The van der Waals surface area contributed by atoms with Crippen molar-refractivity contribution in [1.82, 2.24) is 15.2 Å². The van der Waals surface area contributed by atoms with Gasteiger partial charge in [-0.1, -0.05) is 12.1 Å². The van der Waals surface area contributed by atoms with E-state index in [1.54, 1.807) is 30.0 Å². The van der Waals surface area contributed by atoms with Gasteiger partial charge in [-0.15, -0.1) is 0 Å². The number of hydrogen-bond donors (Lipinski definition) is 2. The molecule has 2 aromatic rings. The highest BCUT2D eigenvalue weighted by molar-refractivity contribution is 5.98. The first-order valence-corrected chi connectivity index (χ1v) is 7.37. The van der Waals surface area contributed by atoms with Crippen LogP contribution in [0, 0.1) is 5.82 Å². The van der Waals surface area contributed by atoms with Crippen molar-refractivity contribution >= 4 is 22.7 Å². The van der Waals surface area contributed by atoms with Gasteiger partial charge in [0.1, 0.15) is 11.5 Å². The number of benzene rings is 1. The van der Waals surface area contributed by atoms with Crippen LogP contribution in [0.1, 0.15) is 17.4 Å². The summed E-state index contributed by atoms with van der Waals surface area (Å²) in [6.45, 7) is 2.44. The fourth-order valence-corrected chi connectivity index (χ4v) is 2.85. The number of nitrogens with zero attached hydrogens (tertiary/aromatic N) is 1. The quantitative estimate of drug-likeness (QED) is 0.876. The Morgan fingerprint density at radius 2 is 2.22 bits per heavy atom. The van der Waals surface area contributed by atoms with Crippen LogP contribution in [0.15, 0.2) is 24.3 Å². The van der Waals surface area contributed by atoms with Crippen molar-refractivity contribution in [3.05, 3.63) is 35.8 Å². The molecule has 122 valence electrons. The number of carbonyl (C=O) groups excluding carboxylic acids is 2. The van der Waals surface area contributed by atoms with Crippen molar-refractivity contribution in [3.8, 4) is 0 Å². The highest BCUT2D eigenvalue weighted by Crippen LogP contribution is 2.22. The van der Waals surface area contributed by atoms with Crippen molar-refractivity contribution < 1.29 is 18.7 Å². The SMILES string of the molecule is CNC(=O)[C@@]1(C)CN(C(=O)c2cc3cccc(F)c3[nH]2)CCO1. The first kappa shape index (κ1) is 15.5. The molecular formula is C16H18FN3O3. The molecule has 0 unspecified atom stereocenters. The summed E-state index contributed by atoms with van der Waals surface area (Å²) in [5, 5.41) is 3.18. The zero-order valence-electron chi connectivity index (χ0n) is 13.0. The lowest BCUT2D eigenvalue weighted by atomic mass is 10.0. The van der Waals surface area contributed by atoms with E-state index < -0.39 is 11.4 Å². The van der Waals surface area contributed by atoms with Gasteiger partial charge in [-0.05, 0) is 19.1 Å². The van der Waals surface area contributed by atoms with E-state index >= 15 is 0 Å². The van der Waals surface area contributed by atoms with Crippen molar-refractivity contribution in [2.24, 2.45) is 0 Å². The fourth-order valence-electron chi connectivity index (χ4n) is 2.85. The Hall–Kier alpha value is -2.41. The molecule has 0 saturated carbocycles. The van der Waals surface area contributed by atoms with Crippen LogP contribution in [0.25, 0.3) is 10.9 Å². The number of halogens is 1. The molecule has 0 bridgehead atoms. The molecule has 1 atom stereocenters. The second kappa shape index (κ2) is 5.66. The van der Waals surface area contributed by atoms with E-state index in [1.807, 2.05) is 0 Å². The Bertz CT molecular complexity index is 773. The van der Waals surface area contributed by atoms with Crippen LogP contribution in [0.5, 0.6) is 0 Å². The molecule has 1 saturated heterocycles. The number of hydrogen-bond acceptors (Lipinski definition) is 3. The van der Waals surface area contributed by atoms with E-state index in [2.05, 4.69) is 10.3 Å². The van der Waals surface area contributed by atoms with Crippen LogP contribution in [0.3, 0.4) is 0 Å². The maximum atomic E-state index is 13.8. The third kappa shape index (κ3) is 2.68. The van der Waals surface area contributed by atoms with E-state index in [0.717, 1.165) is 0 Å². The van der Waals surface area contributed by atoms with E-state index in [0.29, 0.717) is 23.1 Å². The van der Waals surface area contributed by atoms with E-state index in [4.69, 9.17) is 4.74 Å². The minimum atomic E-state index is -1.08. The molecule has 2 amide bonds. The smallest absolute Gasteiger partial charge is 0.270 e. The maximum Gasteiger partial charge on any atom is 0.270 e. The summed E-state index contributed by atoms with van der Waals surface area (Å²) in [6.07, 6.45) is 0. The maximum absolute atomic E-state index is 13.8. The topological polar surface area (TPSA) is 74.4 Å². The molecule has 2 N–H and O–H groups in total. The van der Waals surface area contributed by atoms with Gasteiger partial charge < -0.3 is 19.9 Å². The van der Waals surface area contributed by atoms with Crippen molar-refractivity contribution in [1.29, 1.82) is 0 Å². The van der Waals surface area contributed by atoms with Crippen molar-refractivity contribution in [3.63, 3.8) is 0 Å². The van der Waals surface area contributed by atoms with Crippen LogP contribution in [-0.2, 0) is 9.53 Å². The number of likely N-dealkylation sites (N-methyl/N-ethyl adjacent to an activating group) is 1. The average Bonchev–Trinajstić information content (AvgIpc) is 2.99. The number of ether oxygens (including phenoxy) is 1. The second-order valence-electron chi connectivity index (χ2n) is 5.77. The van der Waals surface area contributed by atoms with Crippen LogP contribution >= 0.6 is 0 Å². The van der Waals surface area contributed by atoms with Gasteiger partial charge in [0.15, 0.2) is 5.60 Å². The van der Waals surface area contributed by atoms with Gasteiger partial charge in [0.2, 0.25) is 0 Å². The molecule has 3 rings (SSSR count). The highest BCUT2D eigenvalue weighted by atomic mass is 19.1. The van der Waals surface area contributed by atoms with Gasteiger partial charge >= 0.3 is 0 Å². The third-order valence-electron chi connectivity index (χ3n) is 4.10. The van der Waals surface area contributed by atoms with Gasteiger partial charge in [-0.2, -0.15) is 0 Å². The number of aromatic nitrogens is 1. The van der Waals surface area contributed by atoms with Crippen molar-refractivity contribution in [2.75, 3.05) is 26.7 Å². The second-order valence-corrected chi connectivity index (χ2v) is 5.77. The molecule has 0 aliphatic carbocycles. The van der Waals surface area contributed by atoms with E-state index in [9.17, 15) is 14.0 Å². The largest absolute Gasteiger partial charge is 0.362 e. The Balaban J connectivity index is 1.87. The number of fused-ring (bicyclic) bond motifs is 1. The highest BCUT2D eigenvalue weighted by Gasteiger charge is 2.40. The Morgan fingerprint density at radius 1 is 1.43 bits per heavy atom. The lowest BCUT2D eigenvalue weighted by Gasteiger charge is -2.38. The van der Waals surface area contributed by atoms with Crippen LogP contribution in [-0.4, -0.2) is 54.0 Å². The van der Waals surface area contributed by atoms with Gasteiger partial charge in [0.25, 0.3) is 11.8 Å². The molecule has 1 aliphatic rings. The Labute approximate surface area is 132 Å². The minimum absolute atomic E-state index is 0.142. The molecular weight excluding hydrogens is 301 g/mol. The molecule has 23 heavy (non-hydrogen) atoms. The summed E-state index contributed by atoms with van der Waals surface area (Å²) >= 11 is 0. The van der Waals surface area contributed by atoms with Gasteiger partial charge in [0, 0.05) is 19.0 Å². The van der Waals surface area contributed by atoms with Gasteiger partial charge in [-0.3, -0.25) is 9.59 Å². The number of carbonyl (C=O) groups is 2. The fraction of sp³-hybridized carbons (Fsp3) is 0.375. The summed E-state index contributed by atoms with van der Waals surface area (Å²) < 4.78 is 19.3. The Morgan fingerprint density at radius 3 is 2.91 bits per heavy atom. The predicted octanol–water partition coefficient (Wildman–Crippen LogP) is 1.28. The molecule has 0 spiro atoms. The third-order valence-corrected chi connectivity index (χ3v) is 4.10. The van der Waals surface area contributed by atoms with Gasteiger partial charge in [0.05, 0.1) is 18.7 Å². The molecule has 1 aromatic heterocycles. The molecule has 6 nitrogen and oxygen atoms in total. The predicted molar refractivity (Wildman–Crippen MR) is 82.6 cm³/mol. The monoisotopic (exact) mass is 319 g/mol. The number of rotatable bonds is 2.